The third kappa shape index (κ3) is 2.68. The minimum atomic E-state index is 0.336. The fourth-order valence-corrected chi connectivity index (χ4v) is 2.93. The Morgan fingerprint density at radius 2 is 2.05 bits per heavy atom. The SMILES string of the molecule is CC(C)c1ccc2c(c1)CN(c1ncnc(N)c1Cl)CC2. The molecule has 0 fully saturated rings. The molecule has 0 atom stereocenters. The van der Waals surface area contributed by atoms with Gasteiger partial charge in [0.1, 0.15) is 17.2 Å². The lowest BCUT2D eigenvalue weighted by atomic mass is 9.93. The minimum absolute atomic E-state index is 0.336. The summed E-state index contributed by atoms with van der Waals surface area (Å²) in [6.07, 6.45) is 2.46. The molecule has 0 unspecified atom stereocenters. The van der Waals surface area contributed by atoms with Crippen LogP contribution < -0.4 is 10.6 Å². The number of hydrogen-bond donors (Lipinski definition) is 1. The van der Waals surface area contributed by atoms with Crippen LogP contribution in [0.3, 0.4) is 0 Å². The van der Waals surface area contributed by atoms with E-state index in [2.05, 4.69) is 46.9 Å². The lowest BCUT2D eigenvalue weighted by Crippen LogP contribution is -2.31. The fraction of sp³-hybridized carbons (Fsp3) is 0.375. The zero-order valence-corrected chi connectivity index (χ0v) is 13.1. The molecule has 2 aromatic rings. The smallest absolute Gasteiger partial charge is 0.153 e. The summed E-state index contributed by atoms with van der Waals surface area (Å²) in [5, 5.41) is 0.445. The monoisotopic (exact) mass is 302 g/mol. The minimum Gasteiger partial charge on any atom is -0.382 e. The maximum absolute atomic E-state index is 6.24. The second-order valence-electron chi connectivity index (χ2n) is 5.75. The first-order valence-corrected chi connectivity index (χ1v) is 7.56. The highest BCUT2D eigenvalue weighted by atomic mass is 35.5. The molecule has 5 heteroatoms. The Hall–Kier alpha value is -1.81. The van der Waals surface area contributed by atoms with E-state index in [1.54, 1.807) is 0 Å². The Bertz CT molecular complexity index is 669. The summed E-state index contributed by atoms with van der Waals surface area (Å²) in [6.45, 7) is 6.13. The molecule has 2 heterocycles. The molecule has 0 aliphatic carbocycles. The van der Waals surface area contributed by atoms with Crippen LogP contribution in [-0.4, -0.2) is 16.5 Å². The van der Waals surface area contributed by atoms with Gasteiger partial charge in [-0.05, 0) is 29.0 Å². The van der Waals surface area contributed by atoms with Crippen LogP contribution >= 0.6 is 11.6 Å². The van der Waals surface area contributed by atoms with Crippen LogP contribution in [0.4, 0.5) is 11.6 Å². The van der Waals surface area contributed by atoms with Crippen molar-refractivity contribution >= 4 is 23.2 Å². The van der Waals surface area contributed by atoms with Crippen LogP contribution in [-0.2, 0) is 13.0 Å². The molecule has 4 nitrogen and oxygen atoms in total. The van der Waals surface area contributed by atoms with E-state index in [9.17, 15) is 0 Å². The largest absolute Gasteiger partial charge is 0.382 e. The van der Waals surface area contributed by atoms with Gasteiger partial charge in [0.15, 0.2) is 5.82 Å². The highest BCUT2D eigenvalue weighted by Gasteiger charge is 2.21. The molecule has 1 aromatic carbocycles. The number of aromatic nitrogens is 2. The number of anilines is 2. The van der Waals surface area contributed by atoms with Crippen LogP contribution in [0.25, 0.3) is 0 Å². The molecule has 0 spiro atoms. The molecule has 0 radical (unpaired) electrons. The number of fused-ring (bicyclic) bond motifs is 1. The molecule has 3 rings (SSSR count). The second-order valence-corrected chi connectivity index (χ2v) is 6.13. The molecule has 1 aliphatic rings. The normalized spacial score (nSPS) is 14.4. The Morgan fingerprint density at radius 1 is 1.24 bits per heavy atom. The fourth-order valence-electron chi connectivity index (χ4n) is 2.71. The van der Waals surface area contributed by atoms with E-state index >= 15 is 0 Å². The zero-order valence-electron chi connectivity index (χ0n) is 12.3. The Kier molecular flexibility index (Phi) is 3.72. The highest BCUT2D eigenvalue weighted by molar-refractivity contribution is 6.35. The van der Waals surface area contributed by atoms with Crippen molar-refractivity contribution in [1.82, 2.24) is 9.97 Å². The summed E-state index contributed by atoms with van der Waals surface area (Å²) in [6, 6.07) is 6.78. The van der Waals surface area contributed by atoms with Crippen LogP contribution in [0.15, 0.2) is 24.5 Å². The van der Waals surface area contributed by atoms with Gasteiger partial charge in [-0.1, -0.05) is 43.6 Å². The first-order valence-electron chi connectivity index (χ1n) is 7.19. The number of nitrogens with zero attached hydrogens (tertiary/aromatic N) is 3. The van der Waals surface area contributed by atoms with E-state index in [-0.39, 0.29) is 0 Å². The van der Waals surface area contributed by atoms with Crippen molar-refractivity contribution in [2.24, 2.45) is 0 Å². The molecule has 0 saturated carbocycles. The van der Waals surface area contributed by atoms with Crippen LogP contribution in [0, 0.1) is 0 Å². The molecular formula is C16H19ClN4. The average Bonchev–Trinajstić information content (AvgIpc) is 2.49. The molecule has 110 valence electrons. The molecule has 1 aliphatic heterocycles. The summed E-state index contributed by atoms with van der Waals surface area (Å²) < 4.78 is 0. The van der Waals surface area contributed by atoms with Crippen molar-refractivity contribution in [2.75, 3.05) is 17.2 Å². The van der Waals surface area contributed by atoms with Crippen molar-refractivity contribution in [3.8, 4) is 0 Å². The second kappa shape index (κ2) is 5.53. The van der Waals surface area contributed by atoms with Gasteiger partial charge in [0, 0.05) is 13.1 Å². The molecular weight excluding hydrogens is 284 g/mol. The van der Waals surface area contributed by atoms with Crippen molar-refractivity contribution in [1.29, 1.82) is 0 Å². The Balaban J connectivity index is 1.93. The summed E-state index contributed by atoms with van der Waals surface area (Å²) in [5.74, 6) is 1.59. The summed E-state index contributed by atoms with van der Waals surface area (Å²) >= 11 is 6.24. The predicted octanol–water partition coefficient (Wildman–Crippen LogP) is 3.40. The van der Waals surface area contributed by atoms with E-state index in [1.807, 2.05) is 0 Å². The van der Waals surface area contributed by atoms with E-state index in [4.69, 9.17) is 17.3 Å². The van der Waals surface area contributed by atoms with Gasteiger partial charge in [0.05, 0.1) is 0 Å². The van der Waals surface area contributed by atoms with E-state index in [0.717, 1.165) is 25.3 Å². The first-order chi connectivity index (χ1) is 10.1. The van der Waals surface area contributed by atoms with Crippen LogP contribution in [0.2, 0.25) is 5.02 Å². The third-order valence-corrected chi connectivity index (χ3v) is 4.37. The zero-order chi connectivity index (χ0) is 15.0. The van der Waals surface area contributed by atoms with Gasteiger partial charge in [-0.2, -0.15) is 0 Å². The quantitative estimate of drug-likeness (QED) is 0.924. The molecule has 0 bridgehead atoms. The van der Waals surface area contributed by atoms with Crippen LogP contribution in [0.1, 0.15) is 36.5 Å². The lowest BCUT2D eigenvalue weighted by molar-refractivity contribution is 0.715. The maximum atomic E-state index is 6.24. The predicted molar refractivity (Wildman–Crippen MR) is 86.7 cm³/mol. The number of benzene rings is 1. The molecule has 21 heavy (non-hydrogen) atoms. The van der Waals surface area contributed by atoms with E-state index in [0.29, 0.717) is 16.8 Å². The average molecular weight is 303 g/mol. The lowest BCUT2D eigenvalue weighted by Gasteiger charge is -2.31. The van der Waals surface area contributed by atoms with Gasteiger partial charge in [-0.15, -0.1) is 0 Å². The van der Waals surface area contributed by atoms with Crippen molar-refractivity contribution in [3.05, 3.63) is 46.2 Å². The van der Waals surface area contributed by atoms with E-state index in [1.165, 1.54) is 23.0 Å². The van der Waals surface area contributed by atoms with Gasteiger partial charge < -0.3 is 10.6 Å². The number of halogens is 1. The topological polar surface area (TPSA) is 55.0 Å². The number of nitrogens with two attached hydrogens (primary N) is 1. The Morgan fingerprint density at radius 3 is 2.81 bits per heavy atom. The van der Waals surface area contributed by atoms with Gasteiger partial charge in [-0.3, -0.25) is 0 Å². The van der Waals surface area contributed by atoms with Crippen molar-refractivity contribution in [3.63, 3.8) is 0 Å². The molecule has 1 aromatic heterocycles. The number of nitrogen functional groups attached to an aromatic ring is 1. The number of rotatable bonds is 2. The van der Waals surface area contributed by atoms with Gasteiger partial charge in [-0.25, -0.2) is 9.97 Å². The first kappa shape index (κ1) is 14.1. The summed E-state index contributed by atoms with van der Waals surface area (Å²) in [7, 11) is 0. The van der Waals surface area contributed by atoms with Crippen molar-refractivity contribution in [2.45, 2.75) is 32.7 Å². The van der Waals surface area contributed by atoms with Gasteiger partial charge in [0.25, 0.3) is 0 Å². The summed E-state index contributed by atoms with van der Waals surface area (Å²) in [5.41, 5.74) is 9.90. The molecule has 2 N–H and O–H groups in total. The Labute approximate surface area is 130 Å². The van der Waals surface area contributed by atoms with Crippen molar-refractivity contribution < 1.29 is 0 Å². The van der Waals surface area contributed by atoms with E-state index < -0.39 is 0 Å². The van der Waals surface area contributed by atoms with Crippen LogP contribution in [0.5, 0.6) is 0 Å². The third-order valence-electron chi connectivity index (χ3n) is 4.01. The highest BCUT2D eigenvalue weighted by Crippen LogP contribution is 2.31. The number of hydrogen-bond acceptors (Lipinski definition) is 4. The van der Waals surface area contributed by atoms with Gasteiger partial charge >= 0.3 is 0 Å². The van der Waals surface area contributed by atoms with Gasteiger partial charge in [0.2, 0.25) is 0 Å². The summed E-state index contributed by atoms with van der Waals surface area (Å²) in [4.78, 5) is 10.4. The maximum Gasteiger partial charge on any atom is 0.153 e. The molecule has 0 saturated heterocycles. The standard InChI is InChI=1S/C16H19ClN4/c1-10(2)12-4-3-11-5-6-21(8-13(11)7-12)16-14(17)15(18)19-9-20-16/h3-4,7,9-10H,5-6,8H2,1-2H3,(H2,18,19,20). The molecule has 0 amide bonds.